The van der Waals surface area contributed by atoms with Crippen LogP contribution in [-0.2, 0) is 19.8 Å². The molecular formula is C34H55ClN4O3S. The maximum Gasteiger partial charge on any atom is 0.256 e. The number of nitrogens with zero attached hydrogens (tertiary/aromatic N) is 1. The summed E-state index contributed by atoms with van der Waals surface area (Å²) in [6, 6.07) is 6.72. The van der Waals surface area contributed by atoms with Crippen molar-refractivity contribution in [2.75, 3.05) is 50.3 Å². The number of thioether (sulfide) groups is 1. The zero-order chi connectivity index (χ0) is 32.7. The SMILES string of the molecule is CC.CCCCNC(=O)C(=C/C=C/C=C1/N(CCCNC)c2ccc(SC)cc2C1(C)C)C(=O)NCCCC.O=CCCl. The van der Waals surface area contributed by atoms with Crippen molar-refractivity contribution < 1.29 is 14.4 Å². The maximum absolute atomic E-state index is 12.7. The number of alkyl halides is 1. The highest BCUT2D eigenvalue weighted by Gasteiger charge is 2.39. The number of nitrogens with one attached hydrogen (secondary N) is 3. The average molecular weight is 635 g/mol. The minimum atomic E-state index is -0.327. The van der Waals surface area contributed by atoms with E-state index >= 15 is 0 Å². The van der Waals surface area contributed by atoms with Crippen molar-refractivity contribution in [1.82, 2.24) is 16.0 Å². The summed E-state index contributed by atoms with van der Waals surface area (Å²) >= 11 is 6.58. The molecule has 2 amide bonds. The molecule has 7 nitrogen and oxygen atoms in total. The zero-order valence-corrected chi connectivity index (χ0v) is 29.2. The second-order valence-electron chi connectivity index (χ2n) is 10.2. The summed E-state index contributed by atoms with van der Waals surface area (Å²) in [5.74, 6) is -0.543. The number of carbonyl (C=O) groups is 3. The molecular weight excluding hydrogens is 580 g/mol. The smallest absolute Gasteiger partial charge is 0.256 e. The number of allylic oxidation sites excluding steroid dienone is 5. The second kappa shape index (κ2) is 23.9. The van der Waals surface area contributed by atoms with E-state index < -0.39 is 0 Å². The molecule has 2 rings (SSSR count). The number of benzene rings is 1. The van der Waals surface area contributed by atoms with Crippen LogP contribution in [0.5, 0.6) is 0 Å². The van der Waals surface area contributed by atoms with Crippen LogP contribution < -0.4 is 20.9 Å². The highest BCUT2D eigenvalue weighted by Crippen LogP contribution is 2.48. The zero-order valence-electron chi connectivity index (χ0n) is 27.6. The predicted octanol–water partition coefficient (Wildman–Crippen LogP) is 6.77. The van der Waals surface area contributed by atoms with Gasteiger partial charge in [0, 0.05) is 41.3 Å². The molecule has 242 valence electrons. The first-order valence-corrected chi connectivity index (χ1v) is 17.2. The van der Waals surface area contributed by atoms with Crippen molar-refractivity contribution in [3.63, 3.8) is 0 Å². The van der Waals surface area contributed by atoms with Gasteiger partial charge in [-0.25, -0.2) is 0 Å². The first-order chi connectivity index (χ1) is 20.7. The van der Waals surface area contributed by atoms with E-state index in [9.17, 15) is 9.59 Å². The lowest BCUT2D eigenvalue weighted by molar-refractivity contribution is -0.123. The van der Waals surface area contributed by atoms with E-state index in [2.05, 4.69) is 79.1 Å². The summed E-state index contributed by atoms with van der Waals surface area (Å²) in [4.78, 5) is 38.2. The van der Waals surface area contributed by atoms with Gasteiger partial charge in [-0.15, -0.1) is 23.4 Å². The molecule has 0 fully saturated rings. The maximum atomic E-state index is 12.7. The number of rotatable bonds is 16. The van der Waals surface area contributed by atoms with Crippen LogP contribution in [0.4, 0.5) is 5.69 Å². The van der Waals surface area contributed by atoms with E-state index in [-0.39, 0.29) is 28.7 Å². The van der Waals surface area contributed by atoms with Gasteiger partial charge in [-0.2, -0.15) is 0 Å². The summed E-state index contributed by atoms with van der Waals surface area (Å²) in [6.07, 6.45) is 15.0. The minimum Gasteiger partial charge on any atom is -0.352 e. The number of hydrogen-bond donors (Lipinski definition) is 3. The van der Waals surface area contributed by atoms with Gasteiger partial charge in [0.25, 0.3) is 11.8 Å². The number of fused-ring (bicyclic) bond motifs is 1. The third-order valence-electron chi connectivity index (χ3n) is 6.72. The molecule has 0 bridgehead atoms. The fourth-order valence-corrected chi connectivity index (χ4v) is 4.88. The monoisotopic (exact) mass is 634 g/mol. The molecule has 1 aromatic carbocycles. The Balaban J connectivity index is 0.00000270. The molecule has 1 heterocycles. The second-order valence-corrected chi connectivity index (χ2v) is 11.4. The Kier molecular flexibility index (Phi) is 22.4. The van der Waals surface area contributed by atoms with E-state index in [4.69, 9.17) is 16.4 Å². The van der Waals surface area contributed by atoms with Crippen LogP contribution in [0.1, 0.15) is 79.2 Å². The van der Waals surface area contributed by atoms with Gasteiger partial charge in [0.15, 0.2) is 0 Å². The van der Waals surface area contributed by atoms with Crippen LogP contribution in [-0.4, -0.2) is 63.5 Å². The molecule has 0 radical (unpaired) electrons. The number of carbonyl (C=O) groups excluding carboxylic acids is 3. The van der Waals surface area contributed by atoms with Gasteiger partial charge in [-0.1, -0.05) is 66.5 Å². The van der Waals surface area contributed by atoms with Crippen molar-refractivity contribution in [2.24, 2.45) is 0 Å². The van der Waals surface area contributed by atoms with Crippen LogP contribution in [0, 0.1) is 0 Å². The van der Waals surface area contributed by atoms with Gasteiger partial charge >= 0.3 is 0 Å². The van der Waals surface area contributed by atoms with E-state index in [1.165, 1.54) is 21.8 Å². The standard InChI is InChI=1S/C30H46N4O2S.C2H3ClO.C2H6/c1-7-9-19-32-28(35)24(29(36)33-20-10-8-2)14-11-12-15-27-30(3,4)25-22-23(37-6)16-17-26(25)34(27)21-13-18-31-5;3-1-2-4;1-2/h11-12,14-17,22,31H,7-10,13,18-21H2,1-6H3,(H,32,35)(H,33,36);2H,1H2;1-2H3/b12-11+,27-15+;;. The van der Waals surface area contributed by atoms with Gasteiger partial charge in [0.1, 0.15) is 11.9 Å². The summed E-state index contributed by atoms with van der Waals surface area (Å²) < 4.78 is 0. The molecule has 9 heteroatoms. The van der Waals surface area contributed by atoms with Gasteiger partial charge in [-0.3, -0.25) is 9.59 Å². The molecule has 0 atom stereocenters. The molecule has 0 spiro atoms. The third kappa shape index (κ3) is 13.7. The quantitative estimate of drug-likeness (QED) is 0.0272. The molecule has 3 N–H and O–H groups in total. The lowest BCUT2D eigenvalue weighted by Gasteiger charge is -2.27. The van der Waals surface area contributed by atoms with Crippen molar-refractivity contribution in [3.8, 4) is 0 Å². The van der Waals surface area contributed by atoms with E-state index in [1.807, 2.05) is 27.0 Å². The Bertz CT molecular complexity index is 1050. The van der Waals surface area contributed by atoms with E-state index in [0.717, 1.165) is 45.2 Å². The fourth-order valence-electron chi connectivity index (χ4n) is 4.44. The van der Waals surface area contributed by atoms with Crippen molar-refractivity contribution in [2.45, 2.75) is 84.0 Å². The Hall–Kier alpha value is -2.55. The van der Waals surface area contributed by atoms with Gasteiger partial charge in [-0.05, 0) is 75.0 Å². The molecule has 0 saturated heterocycles. The summed E-state index contributed by atoms with van der Waals surface area (Å²) in [5, 5.41) is 8.99. The molecule has 0 aromatic heterocycles. The topological polar surface area (TPSA) is 90.5 Å². The van der Waals surface area contributed by atoms with E-state index in [1.54, 1.807) is 23.9 Å². The number of hydrogen-bond acceptors (Lipinski definition) is 6. The summed E-state index contributed by atoms with van der Waals surface area (Å²) in [6.45, 7) is 15.7. The highest BCUT2D eigenvalue weighted by atomic mass is 35.5. The Morgan fingerprint density at radius 1 is 0.977 bits per heavy atom. The summed E-state index contributed by atoms with van der Waals surface area (Å²) in [5.41, 5.74) is 3.77. The minimum absolute atomic E-state index is 0.111. The van der Waals surface area contributed by atoms with Crippen LogP contribution >= 0.6 is 23.4 Å². The molecule has 0 saturated carbocycles. The van der Waals surface area contributed by atoms with Crippen molar-refractivity contribution >= 4 is 47.2 Å². The van der Waals surface area contributed by atoms with Crippen LogP contribution in [0.3, 0.4) is 0 Å². The summed E-state index contributed by atoms with van der Waals surface area (Å²) in [7, 11) is 1.98. The molecule has 1 aromatic rings. The lowest BCUT2D eigenvalue weighted by Crippen LogP contribution is -2.35. The molecule has 0 unspecified atom stereocenters. The van der Waals surface area contributed by atoms with Gasteiger partial charge in [0.05, 0.1) is 5.88 Å². The van der Waals surface area contributed by atoms with E-state index in [0.29, 0.717) is 19.4 Å². The van der Waals surface area contributed by atoms with Gasteiger partial charge < -0.3 is 25.6 Å². The Morgan fingerprint density at radius 3 is 2.05 bits per heavy atom. The first kappa shape index (κ1) is 40.5. The van der Waals surface area contributed by atoms with Crippen molar-refractivity contribution in [1.29, 1.82) is 0 Å². The first-order valence-electron chi connectivity index (χ1n) is 15.5. The number of amides is 2. The molecule has 0 aliphatic carbocycles. The molecule has 43 heavy (non-hydrogen) atoms. The number of halogens is 1. The normalized spacial score (nSPS) is 13.8. The average Bonchev–Trinajstić information content (AvgIpc) is 3.23. The number of anilines is 1. The predicted molar refractivity (Wildman–Crippen MR) is 186 cm³/mol. The number of unbranched alkanes of at least 4 members (excludes halogenated alkanes) is 2. The Morgan fingerprint density at radius 2 is 1.56 bits per heavy atom. The lowest BCUT2D eigenvalue weighted by atomic mass is 9.83. The van der Waals surface area contributed by atoms with Crippen LogP contribution in [0.15, 0.2) is 58.7 Å². The Labute approximate surface area is 270 Å². The van der Waals surface area contributed by atoms with Crippen LogP contribution in [0.25, 0.3) is 0 Å². The van der Waals surface area contributed by atoms with Crippen LogP contribution in [0.2, 0.25) is 0 Å². The van der Waals surface area contributed by atoms with Crippen molar-refractivity contribution in [3.05, 3.63) is 59.3 Å². The third-order valence-corrected chi connectivity index (χ3v) is 7.57. The molecule has 1 aliphatic rings. The molecule has 1 aliphatic heterocycles. The highest BCUT2D eigenvalue weighted by molar-refractivity contribution is 7.98. The largest absolute Gasteiger partial charge is 0.352 e. The van der Waals surface area contributed by atoms with Gasteiger partial charge in [0.2, 0.25) is 0 Å². The number of aldehydes is 1. The fraction of sp³-hybridized carbons (Fsp3) is 0.559.